The van der Waals surface area contributed by atoms with Crippen LogP contribution < -0.4 is 10.6 Å². The number of hydrogen-bond acceptors (Lipinski definition) is 8. The van der Waals surface area contributed by atoms with Crippen LogP contribution in [0.1, 0.15) is 39.2 Å². The lowest BCUT2D eigenvalue weighted by atomic mass is 9.90. The molecule has 4 rings (SSSR count). The molecule has 0 unspecified atom stereocenters. The number of carbonyl (C=O) groups is 2. The monoisotopic (exact) mass is 567 g/mol. The van der Waals surface area contributed by atoms with Crippen molar-refractivity contribution in [2.24, 2.45) is 0 Å². The number of rotatable bonds is 10. The van der Waals surface area contributed by atoms with Crippen molar-refractivity contribution in [1.82, 2.24) is 30.6 Å². The Morgan fingerprint density at radius 1 is 1.05 bits per heavy atom. The van der Waals surface area contributed by atoms with Gasteiger partial charge in [0.1, 0.15) is 11.0 Å². The van der Waals surface area contributed by atoms with E-state index in [9.17, 15) is 19.7 Å². The highest BCUT2D eigenvalue weighted by atomic mass is 79.9. The van der Waals surface area contributed by atoms with E-state index >= 15 is 0 Å². The van der Waals surface area contributed by atoms with Gasteiger partial charge in [-0.1, -0.05) is 65.8 Å². The first-order valence-corrected chi connectivity index (χ1v) is 12.0. The highest BCUT2D eigenvalue weighted by molar-refractivity contribution is 9.10. The van der Waals surface area contributed by atoms with Gasteiger partial charge in [-0.2, -0.15) is 9.67 Å². The fraction of sp³-hybridized carbons (Fsp3) is 0.208. The number of nitro groups is 1. The van der Waals surface area contributed by atoms with Crippen molar-refractivity contribution in [2.45, 2.75) is 19.4 Å². The van der Waals surface area contributed by atoms with E-state index in [0.717, 1.165) is 11.1 Å². The van der Waals surface area contributed by atoms with Gasteiger partial charge in [-0.25, -0.2) is 0 Å². The van der Waals surface area contributed by atoms with Crippen LogP contribution in [0.3, 0.4) is 0 Å². The summed E-state index contributed by atoms with van der Waals surface area (Å²) in [5, 5.41) is 24.2. The zero-order chi connectivity index (χ0) is 26.4. The molecule has 2 aromatic carbocycles. The molecule has 4 aromatic rings. The standard InChI is InChI=1S/C24H22BrN7O5/c1-15-20(25)21(32(35)36)29-31(15)14-18-28-24(37-30-18)23(34)27-13-12-26-22(33)19(16-8-4-2-5-9-16)17-10-6-3-7-11-17/h2-11,19H,12-14H2,1H3,(H,26,33)(H,27,34). The van der Waals surface area contributed by atoms with Crippen LogP contribution in [0.2, 0.25) is 0 Å². The van der Waals surface area contributed by atoms with Gasteiger partial charge in [0.05, 0.1) is 16.7 Å². The third-order valence-electron chi connectivity index (χ3n) is 5.48. The van der Waals surface area contributed by atoms with Crippen molar-refractivity contribution in [3.63, 3.8) is 0 Å². The maximum atomic E-state index is 13.0. The summed E-state index contributed by atoms with van der Waals surface area (Å²) in [5.41, 5.74) is 2.22. The van der Waals surface area contributed by atoms with Gasteiger partial charge in [-0.15, -0.1) is 0 Å². The number of benzene rings is 2. The Morgan fingerprint density at radius 3 is 2.22 bits per heavy atom. The van der Waals surface area contributed by atoms with Crippen LogP contribution in [0.15, 0.2) is 69.7 Å². The molecule has 2 heterocycles. The highest BCUT2D eigenvalue weighted by Gasteiger charge is 2.25. The number of amides is 2. The number of carbonyl (C=O) groups excluding carboxylic acids is 2. The third kappa shape index (κ3) is 6.06. The fourth-order valence-electron chi connectivity index (χ4n) is 3.65. The summed E-state index contributed by atoms with van der Waals surface area (Å²) >= 11 is 3.14. The molecule has 2 amide bonds. The van der Waals surface area contributed by atoms with Gasteiger partial charge in [0.25, 0.3) is 0 Å². The second kappa shape index (κ2) is 11.6. The maximum Gasteiger partial charge on any atom is 0.404 e. The van der Waals surface area contributed by atoms with E-state index in [4.69, 9.17) is 4.52 Å². The Kier molecular flexibility index (Phi) is 8.03. The molecule has 2 N–H and O–H groups in total. The molecule has 0 saturated carbocycles. The molecule has 0 aliphatic rings. The fourth-order valence-corrected chi connectivity index (χ4v) is 4.08. The van der Waals surface area contributed by atoms with E-state index in [1.807, 2.05) is 60.7 Å². The van der Waals surface area contributed by atoms with Crippen LogP contribution >= 0.6 is 15.9 Å². The summed E-state index contributed by atoms with van der Waals surface area (Å²) in [5.74, 6) is -1.77. The Bertz CT molecular complexity index is 1370. The molecule has 0 spiro atoms. The van der Waals surface area contributed by atoms with Crippen molar-refractivity contribution in [2.75, 3.05) is 13.1 Å². The number of nitrogens with zero attached hydrogens (tertiary/aromatic N) is 5. The summed E-state index contributed by atoms with van der Waals surface area (Å²) in [6.45, 7) is 1.94. The Hall–Kier alpha value is -4.39. The van der Waals surface area contributed by atoms with Crippen LogP contribution in [-0.4, -0.2) is 49.7 Å². The molecule has 2 aromatic heterocycles. The van der Waals surface area contributed by atoms with Crippen LogP contribution in [0.4, 0.5) is 5.82 Å². The highest BCUT2D eigenvalue weighted by Crippen LogP contribution is 2.27. The first-order valence-electron chi connectivity index (χ1n) is 11.2. The zero-order valence-electron chi connectivity index (χ0n) is 19.6. The smallest absolute Gasteiger partial charge is 0.358 e. The van der Waals surface area contributed by atoms with E-state index in [0.29, 0.717) is 5.69 Å². The molecule has 0 radical (unpaired) electrons. The van der Waals surface area contributed by atoms with Gasteiger partial charge in [0.2, 0.25) is 5.91 Å². The van der Waals surface area contributed by atoms with E-state index in [2.05, 4.69) is 41.8 Å². The molecule has 0 fully saturated rings. The Morgan fingerprint density at radius 2 is 1.65 bits per heavy atom. The molecule has 37 heavy (non-hydrogen) atoms. The second-order valence-electron chi connectivity index (χ2n) is 7.95. The molecule has 12 nitrogen and oxygen atoms in total. The third-order valence-corrected chi connectivity index (χ3v) is 6.41. The lowest BCUT2D eigenvalue weighted by Gasteiger charge is -2.18. The van der Waals surface area contributed by atoms with Gasteiger partial charge in [0, 0.05) is 13.1 Å². The molecular weight excluding hydrogens is 546 g/mol. The van der Waals surface area contributed by atoms with Gasteiger partial charge in [0.15, 0.2) is 5.82 Å². The summed E-state index contributed by atoms with van der Waals surface area (Å²) in [6, 6.07) is 18.9. The van der Waals surface area contributed by atoms with E-state index in [-0.39, 0.29) is 47.5 Å². The number of aromatic nitrogens is 4. The minimum Gasteiger partial charge on any atom is -0.358 e. The summed E-state index contributed by atoms with van der Waals surface area (Å²) in [4.78, 5) is 39.9. The molecule has 190 valence electrons. The van der Waals surface area contributed by atoms with Crippen molar-refractivity contribution >= 4 is 33.6 Å². The van der Waals surface area contributed by atoms with Crippen molar-refractivity contribution in [1.29, 1.82) is 0 Å². The number of hydrogen-bond donors (Lipinski definition) is 2. The Labute approximate surface area is 219 Å². The quantitative estimate of drug-likeness (QED) is 0.168. The normalized spacial score (nSPS) is 10.9. The van der Waals surface area contributed by atoms with Crippen molar-refractivity contribution in [3.05, 3.63) is 104 Å². The van der Waals surface area contributed by atoms with Gasteiger partial charge >= 0.3 is 17.6 Å². The molecule has 0 aliphatic heterocycles. The van der Waals surface area contributed by atoms with E-state index < -0.39 is 16.7 Å². The van der Waals surface area contributed by atoms with Crippen LogP contribution in [0, 0.1) is 17.0 Å². The molecule has 13 heteroatoms. The first kappa shape index (κ1) is 25.7. The molecule has 0 aliphatic carbocycles. The molecular formula is C24H22BrN7O5. The topological polar surface area (TPSA) is 158 Å². The average molecular weight is 568 g/mol. The van der Waals surface area contributed by atoms with Crippen LogP contribution in [0.5, 0.6) is 0 Å². The minimum absolute atomic E-state index is 0.0224. The predicted octanol–water partition coefficient (Wildman–Crippen LogP) is 2.97. The van der Waals surface area contributed by atoms with Gasteiger partial charge in [-0.3, -0.25) is 9.59 Å². The van der Waals surface area contributed by atoms with Gasteiger partial charge < -0.3 is 25.3 Å². The van der Waals surface area contributed by atoms with Crippen molar-refractivity contribution < 1.29 is 19.0 Å². The summed E-state index contributed by atoms with van der Waals surface area (Å²) in [7, 11) is 0. The van der Waals surface area contributed by atoms with E-state index in [1.54, 1.807) is 6.92 Å². The average Bonchev–Trinajstić information content (AvgIpc) is 3.48. The second-order valence-corrected chi connectivity index (χ2v) is 8.75. The van der Waals surface area contributed by atoms with Gasteiger partial charge in [-0.05, 0) is 38.9 Å². The van der Waals surface area contributed by atoms with Crippen LogP contribution in [0.25, 0.3) is 0 Å². The lowest BCUT2D eigenvalue weighted by molar-refractivity contribution is -0.390. The minimum atomic E-state index is -0.611. The maximum absolute atomic E-state index is 13.0. The molecule has 0 bridgehead atoms. The lowest BCUT2D eigenvalue weighted by Crippen LogP contribution is -2.37. The van der Waals surface area contributed by atoms with E-state index in [1.165, 1.54) is 4.68 Å². The zero-order valence-corrected chi connectivity index (χ0v) is 21.2. The molecule has 0 saturated heterocycles. The Balaban J connectivity index is 1.32. The first-order chi connectivity index (χ1) is 17.8. The largest absolute Gasteiger partial charge is 0.404 e. The summed E-state index contributed by atoms with van der Waals surface area (Å²) < 4.78 is 6.59. The summed E-state index contributed by atoms with van der Waals surface area (Å²) in [6.07, 6.45) is 0. The number of halogens is 1. The van der Waals surface area contributed by atoms with Crippen LogP contribution in [-0.2, 0) is 11.3 Å². The SMILES string of the molecule is Cc1c(Br)c([N+](=O)[O-])nn1Cc1noc(C(=O)NCCNC(=O)C(c2ccccc2)c2ccccc2)n1. The predicted molar refractivity (Wildman–Crippen MR) is 135 cm³/mol. The van der Waals surface area contributed by atoms with Crippen molar-refractivity contribution in [3.8, 4) is 0 Å². The molecule has 0 atom stereocenters. The number of nitrogens with one attached hydrogen (secondary N) is 2.